The summed E-state index contributed by atoms with van der Waals surface area (Å²) in [6, 6.07) is 4.71. The highest BCUT2D eigenvalue weighted by Gasteiger charge is 2.43. The van der Waals surface area contributed by atoms with E-state index in [-0.39, 0.29) is 17.8 Å². The molecule has 1 aliphatic rings. The van der Waals surface area contributed by atoms with Crippen molar-refractivity contribution in [1.82, 2.24) is 0 Å². The van der Waals surface area contributed by atoms with E-state index >= 15 is 0 Å². The minimum Gasteiger partial charge on any atom is -1.00 e. The van der Waals surface area contributed by atoms with Gasteiger partial charge < -0.3 is 21.9 Å². The largest absolute Gasteiger partial charge is 1.00 e. The van der Waals surface area contributed by atoms with Gasteiger partial charge in [-0.15, -0.1) is 0 Å². The minimum absolute atomic E-state index is 0. The maximum absolute atomic E-state index is 5.59. The number of anilines is 1. The highest BCUT2D eigenvalue weighted by molar-refractivity contribution is 5.52. The third kappa shape index (κ3) is 3.19. The monoisotopic (exact) mass is 286 g/mol. The van der Waals surface area contributed by atoms with Crippen LogP contribution in [-0.2, 0) is 21.6 Å². The van der Waals surface area contributed by atoms with E-state index in [9.17, 15) is 0 Å². The lowest BCUT2D eigenvalue weighted by atomic mass is 9.82. The van der Waals surface area contributed by atoms with Crippen molar-refractivity contribution >= 4 is 5.82 Å². The van der Waals surface area contributed by atoms with Crippen LogP contribution in [0.15, 0.2) is 18.3 Å². The van der Waals surface area contributed by atoms with Crippen molar-refractivity contribution in [3.63, 3.8) is 0 Å². The fourth-order valence-corrected chi connectivity index (χ4v) is 2.26. The Kier molecular flexibility index (Phi) is 5.59. The third-order valence-electron chi connectivity index (χ3n) is 3.86. The topological polar surface area (TPSA) is 34.4 Å². The summed E-state index contributed by atoms with van der Waals surface area (Å²) in [7, 11) is 1.68. The van der Waals surface area contributed by atoms with E-state index in [0.717, 1.165) is 0 Å². The van der Waals surface area contributed by atoms with E-state index in [1.807, 2.05) is 6.20 Å². The lowest BCUT2D eigenvalue weighted by Crippen LogP contribution is -3.00. The third-order valence-corrected chi connectivity index (χ3v) is 3.86. The number of pyridine rings is 1. The Morgan fingerprint density at radius 3 is 2.79 bits per heavy atom. The second-order valence-electron chi connectivity index (χ2n) is 5.36. The number of rotatable bonds is 5. The molecule has 5 heteroatoms. The molecule has 4 nitrogen and oxygen atoms in total. The van der Waals surface area contributed by atoms with E-state index in [4.69, 9.17) is 9.47 Å². The smallest absolute Gasteiger partial charge is 0.280 e. The van der Waals surface area contributed by atoms with Crippen molar-refractivity contribution in [1.29, 1.82) is 0 Å². The fourth-order valence-electron chi connectivity index (χ4n) is 2.26. The van der Waals surface area contributed by atoms with Crippen LogP contribution in [0.2, 0.25) is 0 Å². The van der Waals surface area contributed by atoms with Gasteiger partial charge in [0, 0.05) is 12.5 Å². The van der Waals surface area contributed by atoms with Gasteiger partial charge in [0.15, 0.2) is 6.73 Å². The number of aromatic nitrogens is 1. The van der Waals surface area contributed by atoms with Crippen molar-refractivity contribution in [2.75, 3.05) is 25.6 Å². The first kappa shape index (κ1) is 16.2. The Balaban J connectivity index is 0.00000180. The molecule has 2 heterocycles. The van der Waals surface area contributed by atoms with E-state index < -0.39 is 0 Å². The Labute approximate surface area is 121 Å². The quantitative estimate of drug-likeness (QED) is 0.539. The van der Waals surface area contributed by atoms with Gasteiger partial charge in [-0.2, -0.15) is 0 Å². The van der Waals surface area contributed by atoms with Crippen LogP contribution in [0.1, 0.15) is 26.3 Å². The molecular weight excluding hydrogens is 264 g/mol. The summed E-state index contributed by atoms with van der Waals surface area (Å²) in [6.07, 6.45) is 2.05. The van der Waals surface area contributed by atoms with Crippen molar-refractivity contribution in [2.45, 2.75) is 39.0 Å². The summed E-state index contributed by atoms with van der Waals surface area (Å²) in [5, 5.41) is 3.55. The number of nitrogens with zero attached hydrogens (tertiary/aromatic N) is 1. The molecule has 1 aromatic heterocycles. The van der Waals surface area contributed by atoms with Gasteiger partial charge in [-0.1, -0.05) is 13.8 Å². The molecule has 0 saturated heterocycles. The molecule has 0 saturated carbocycles. The van der Waals surface area contributed by atoms with E-state index in [2.05, 4.69) is 42.8 Å². The zero-order chi connectivity index (χ0) is 13.2. The Hall–Kier alpha value is -0.840. The summed E-state index contributed by atoms with van der Waals surface area (Å²) in [5.41, 5.74) is 1.51. The van der Waals surface area contributed by atoms with Gasteiger partial charge in [0.1, 0.15) is 6.04 Å². The van der Waals surface area contributed by atoms with Crippen LogP contribution in [0.3, 0.4) is 0 Å². The molecule has 1 unspecified atom stereocenters. The Morgan fingerprint density at radius 1 is 1.37 bits per heavy atom. The lowest BCUT2D eigenvalue weighted by Gasteiger charge is -2.19. The van der Waals surface area contributed by atoms with Crippen LogP contribution in [0.25, 0.3) is 0 Å². The van der Waals surface area contributed by atoms with E-state index in [0.29, 0.717) is 26.0 Å². The maximum Gasteiger partial charge on any atom is 0.280 e. The fraction of sp³-hybridized carbons (Fsp3) is 0.643. The number of methoxy groups -OCH3 is 1. The number of hydrogen-bond acceptors (Lipinski definition) is 3. The first-order valence-electron chi connectivity index (χ1n) is 6.43. The minimum atomic E-state index is 0. The lowest BCUT2D eigenvalue weighted by molar-refractivity contribution is -0.720. The molecular formula is C14H23ClN2O2. The SMILES string of the molecule is COCCOC[n+]1cccc2c1NC(C)C2(C)C.[Cl-]. The van der Waals surface area contributed by atoms with Crippen LogP contribution >= 0.6 is 0 Å². The standard InChI is InChI=1S/C14H22N2O2.ClH/c1-11-14(2,3)12-6-5-7-16(13(12)15-11)10-18-9-8-17-4;/h5-7,11H,8-10H2,1-4H3;1H. The zero-order valence-electron chi connectivity index (χ0n) is 12.1. The second kappa shape index (κ2) is 6.55. The number of nitrogens with one attached hydrogen (secondary N) is 1. The number of hydrogen-bond donors (Lipinski definition) is 1. The van der Waals surface area contributed by atoms with Crippen molar-refractivity contribution in [3.8, 4) is 0 Å². The molecule has 108 valence electrons. The van der Waals surface area contributed by atoms with Crippen molar-refractivity contribution in [2.24, 2.45) is 0 Å². The first-order valence-corrected chi connectivity index (χ1v) is 6.43. The predicted octanol–water partition coefficient (Wildman–Crippen LogP) is -1.31. The predicted molar refractivity (Wildman–Crippen MR) is 70.6 cm³/mol. The molecule has 0 fully saturated rings. The summed E-state index contributed by atoms with van der Waals surface area (Å²) in [6.45, 7) is 8.56. The summed E-state index contributed by atoms with van der Waals surface area (Å²) in [4.78, 5) is 0. The van der Waals surface area contributed by atoms with Crippen molar-refractivity contribution in [3.05, 3.63) is 23.9 Å². The summed E-state index contributed by atoms with van der Waals surface area (Å²) >= 11 is 0. The molecule has 1 N–H and O–H groups in total. The van der Waals surface area contributed by atoms with Crippen LogP contribution in [0, 0.1) is 0 Å². The molecule has 1 atom stereocenters. The van der Waals surface area contributed by atoms with Crippen LogP contribution in [-0.4, -0.2) is 26.4 Å². The van der Waals surface area contributed by atoms with Crippen molar-refractivity contribution < 1.29 is 26.4 Å². The Bertz CT molecular complexity index is 424. The van der Waals surface area contributed by atoms with E-state index in [1.165, 1.54) is 11.4 Å². The summed E-state index contributed by atoms with van der Waals surface area (Å²) < 4.78 is 12.7. The number of halogens is 1. The van der Waals surface area contributed by atoms with Crippen LogP contribution < -0.4 is 22.3 Å². The Morgan fingerprint density at radius 2 is 2.11 bits per heavy atom. The van der Waals surface area contributed by atoms with Gasteiger partial charge >= 0.3 is 0 Å². The molecule has 2 rings (SSSR count). The van der Waals surface area contributed by atoms with Gasteiger partial charge in [-0.25, -0.2) is 4.57 Å². The molecule has 0 spiro atoms. The molecule has 0 aromatic carbocycles. The molecule has 0 bridgehead atoms. The molecule has 0 radical (unpaired) electrons. The maximum atomic E-state index is 5.59. The molecule has 1 aromatic rings. The van der Waals surface area contributed by atoms with Gasteiger partial charge in [0.05, 0.1) is 25.0 Å². The molecule has 1 aliphatic heterocycles. The summed E-state index contributed by atoms with van der Waals surface area (Å²) in [5.74, 6) is 1.17. The van der Waals surface area contributed by atoms with Gasteiger partial charge in [-0.3, -0.25) is 5.32 Å². The first-order chi connectivity index (χ1) is 8.57. The average Bonchev–Trinajstić information content (AvgIpc) is 2.58. The second-order valence-corrected chi connectivity index (χ2v) is 5.36. The highest BCUT2D eigenvalue weighted by atomic mass is 35.5. The van der Waals surface area contributed by atoms with Gasteiger partial charge in [-0.05, 0) is 19.1 Å². The molecule has 0 amide bonds. The molecule has 19 heavy (non-hydrogen) atoms. The highest BCUT2D eigenvalue weighted by Crippen LogP contribution is 2.38. The average molecular weight is 287 g/mol. The normalized spacial score (nSPS) is 19.5. The number of fused-ring (bicyclic) bond motifs is 1. The molecule has 0 aliphatic carbocycles. The van der Waals surface area contributed by atoms with Crippen LogP contribution in [0.5, 0.6) is 0 Å². The van der Waals surface area contributed by atoms with E-state index in [1.54, 1.807) is 7.11 Å². The number of ether oxygens (including phenoxy) is 2. The van der Waals surface area contributed by atoms with Gasteiger partial charge in [0.25, 0.3) is 5.82 Å². The van der Waals surface area contributed by atoms with Crippen LogP contribution in [0.4, 0.5) is 5.82 Å². The zero-order valence-corrected chi connectivity index (χ0v) is 12.8. The van der Waals surface area contributed by atoms with Gasteiger partial charge in [0.2, 0.25) is 0 Å².